The second-order valence-corrected chi connectivity index (χ2v) is 3.14. The van der Waals surface area contributed by atoms with Crippen molar-refractivity contribution in [1.82, 2.24) is 4.98 Å². The molecule has 0 saturated carbocycles. The first-order chi connectivity index (χ1) is 7.93. The van der Waals surface area contributed by atoms with Gasteiger partial charge in [-0.3, -0.25) is 0 Å². The van der Waals surface area contributed by atoms with E-state index in [1.54, 1.807) is 0 Å². The third-order valence-corrected chi connectivity index (χ3v) is 1.72. The Morgan fingerprint density at radius 1 is 1.47 bits per heavy atom. The van der Waals surface area contributed by atoms with Crippen LogP contribution < -0.4 is 0 Å². The lowest BCUT2D eigenvalue weighted by Gasteiger charge is -2.05. The highest BCUT2D eigenvalue weighted by Crippen LogP contribution is 2.29. The van der Waals surface area contributed by atoms with E-state index in [9.17, 15) is 13.2 Å². The van der Waals surface area contributed by atoms with Crippen molar-refractivity contribution in [2.24, 2.45) is 5.11 Å². The smallest absolute Gasteiger partial charge is 0.232 e. The van der Waals surface area contributed by atoms with Crippen LogP contribution in [0.1, 0.15) is 11.3 Å². The molecule has 0 aliphatic carbocycles. The monoisotopic (exact) mass is 260 g/mol. The van der Waals surface area contributed by atoms with Crippen molar-refractivity contribution >= 4 is 11.6 Å². The van der Waals surface area contributed by atoms with Crippen molar-refractivity contribution < 1.29 is 13.2 Å². The number of nitrogens with zero attached hydrogens (tertiary/aromatic N) is 4. The number of halogens is 4. The van der Waals surface area contributed by atoms with Crippen LogP contribution >= 0.6 is 11.6 Å². The van der Waals surface area contributed by atoms with Gasteiger partial charge >= 0.3 is 6.18 Å². The molecular formula is C9H4ClF3N4. The number of hydrogen-bond acceptors (Lipinski definition) is 2. The van der Waals surface area contributed by atoms with Crippen molar-refractivity contribution in [2.75, 3.05) is 6.54 Å². The van der Waals surface area contributed by atoms with E-state index in [2.05, 4.69) is 26.9 Å². The number of aromatic nitrogens is 1. The Labute approximate surface area is 99.0 Å². The van der Waals surface area contributed by atoms with Crippen LogP contribution in [0.2, 0.25) is 5.15 Å². The summed E-state index contributed by atoms with van der Waals surface area (Å²) >= 11 is 5.44. The predicted octanol–water partition coefficient (Wildman–Crippen LogP) is 3.42. The van der Waals surface area contributed by atoms with E-state index in [-0.39, 0.29) is 17.3 Å². The Morgan fingerprint density at radius 2 is 2.18 bits per heavy atom. The van der Waals surface area contributed by atoms with Gasteiger partial charge in [0.05, 0.1) is 6.54 Å². The molecule has 0 saturated heterocycles. The number of pyridine rings is 1. The van der Waals surface area contributed by atoms with Crippen LogP contribution in [0.15, 0.2) is 17.2 Å². The Bertz CT molecular complexity index is 523. The molecule has 4 nitrogen and oxygen atoms in total. The topological polar surface area (TPSA) is 61.7 Å². The Balaban J connectivity index is 3.04. The predicted molar refractivity (Wildman–Crippen MR) is 55.1 cm³/mol. The standard InChI is InChI=1S/C9H4ClF3N4/c10-8-5-6(2-1-3-15-17-14)4-7(16-8)9(11,12)13/h4-5H,3H2. The lowest BCUT2D eigenvalue weighted by molar-refractivity contribution is -0.141. The molecule has 0 aliphatic heterocycles. The molecule has 0 N–H and O–H groups in total. The van der Waals surface area contributed by atoms with Crippen LogP contribution in [-0.2, 0) is 6.18 Å². The second kappa shape index (κ2) is 5.43. The van der Waals surface area contributed by atoms with Gasteiger partial charge in [0, 0.05) is 10.5 Å². The van der Waals surface area contributed by atoms with Crippen LogP contribution in [-0.4, -0.2) is 11.5 Å². The molecule has 0 atom stereocenters. The van der Waals surface area contributed by atoms with Gasteiger partial charge in [0.25, 0.3) is 0 Å². The van der Waals surface area contributed by atoms with Gasteiger partial charge in [-0.1, -0.05) is 28.6 Å². The molecule has 0 unspecified atom stereocenters. The minimum atomic E-state index is -4.58. The zero-order valence-corrected chi connectivity index (χ0v) is 8.92. The van der Waals surface area contributed by atoms with E-state index in [0.29, 0.717) is 0 Å². The summed E-state index contributed by atoms with van der Waals surface area (Å²) in [6, 6.07) is 1.97. The molecule has 0 aromatic carbocycles. The first kappa shape index (κ1) is 13.2. The molecule has 1 aromatic heterocycles. The molecule has 17 heavy (non-hydrogen) atoms. The molecule has 0 radical (unpaired) electrons. The van der Waals surface area contributed by atoms with E-state index in [1.165, 1.54) is 6.07 Å². The highest BCUT2D eigenvalue weighted by atomic mass is 35.5. The zero-order valence-electron chi connectivity index (χ0n) is 8.16. The van der Waals surface area contributed by atoms with E-state index >= 15 is 0 Å². The third-order valence-electron chi connectivity index (χ3n) is 1.53. The minimum Gasteiger partial charge on any atom is -0.232 e. The van der Waals surface area contributed by atoms with Gasteiger partial charge in [-0.25, -0.2) is 4.98 Å². The first-order valence-corrected chi connectivity index (χ1v) is 4.56. The Hall–Kier alpha value is -1.90. The van der Waals surface area contributed by atoms with E-state index in [0.717, 1.165) is 6.07 Å². The molecule has 0 amide bonds. The van der Waals surface area contributed by atoms with Crippen molar-refractivity contribution in [3.8, 4) is 11.8 Å². The average molecular weight is 261 g/mol. The van der Waals surface area contributed by atoms with Crippen LogP contribution in [0.5, 0.6) is 0 Å². The lowest BCUT2D eigenvalue weighted by Crippen LogP contribution is -2.08. The Morgan fingerprint density at radius 3 is 2.76 bits per heavy atom. The van der Waals surface area contributed by atoms with Crippen LogP contribution in [0.3, 0.4) is 0 Å². The van der Waals surface area contributed by atoms with Gasteiger partial charge in [-0.15, -0.1) is 0 Å². The van der Waals surface area contributed by atoms with Crippen molar-refractivity contribution in [1.29, 1.82) is 0 Å². The highest BCUT2D eigenvalue weighted by Gasteiger charge is 2.33. The van der Waals surface area contributed by atoms with Crippen LogP contribution in [0.25, 0.3) is 10.4 Å². The molecule has 1 aromatic rings. The molecule has 0 bridgehead atoms. The van der Waals surface area contributed by atoms with Gasteiger partial charge in [0.15, 0.2) is 0 Å². The summed E-state index contributed by atoms with van der Waals surface area (Å²) in [4.78, 5) is 5.59. The maximum absolute atomic E-state index is 12.4. The minimum absolute atomic E-state index is 0.0606. The second-order valence-electron chi connectivity index (χ2n) is 2.75. The van der Waals surface area contributed by atoms with Crippen molar-refractivity contribution in [2.45, 2.75) is 6.18 Å². The zero-order chi connectivity index (χ0) is 12.9. The van der Waals surface area contributed by atoms with E-state index in [4.69, 9.17) is 17.1 Å². The van der Waals surface area contributed by atoms with Gasteiger partial charge in [0.2, 0.25) is 0 Å². The van der Waals surface area contributed by atoms with Crippen molar-refractivity contribution in [3.05, 3.63) is 39.0 Å². The third kappa shape index (κ3) is 4.23. The van der Waals surface area contributed by atoms with Gasteiger partial charge in [0.1, 0.15) is 10.8 Å². The van der Waals surface area contributed by atoms with Gasteiger partial charge < -0.3 is 0 Å². The van der Waals surface area contributed by atoms with E-state index in [1.807, 2.05) is 0 Å². The van der Waals surface area contributed by atoms with Crippen LogP contribution in [0, 0.1) is 11.8 Å². The fourth-order valence-electron chi connectivity index (χ4n) is 0.923. The lowest BCUT2D eigenvalue weighted by atomic mass is 10.2. The molecule has 88 valence electrons. The fraction of sp³-hybridized carbons (Fsp3) is 0.222. The highest BCUT2D eigenvalue weighted by molar-refractivity contribution is 6.29. The SMILES string of the molecule is [N-]=[N+]=NCC#Cc1cc(Cl)nc(C(F)(F)F)c1. The first-order valence-electron chi connectivity index (χ1n) is 4.18. The maximum atomic E-state index is 12.4. The molecule has 1 rings (SSSR count). The molecule has 0 spiro atoms. The summed E-state index contributed by atoms with van der Waals surface area (Å²) in [5.74, 6) is 4.78. The van der Waals surface area contributed by atoms with Gasteiger partial charge in [-0.2, -0.15) is 13.2 Å². The molecule has 0 aliphatic rings. The average Bonchev–Trinajstić information content (AvgIpc) is 2.22. The summed E-state index contributed by atoms with van der Waals surface area (Å²) in [6.45, 7) is -0.127. The van der Waals surface area contributed by atoms with Crippen LogP contribution in [0.4, 0.5) is 13.2 Å². The summed E-state index contributed by atoms with van der Waals surface area (Å²) in [5.41, 5.74) is 6.92. The summed E-state index contributed by atoms with van der Waals surface area (Å²) in [6.07, 6.45) is -4.58. The number of azide groups is 1. The largest absolute Gasteiger partial charge is 0.433 e. The maximum Gasteiger partial charge on any atom is 0.433 e. The number of rotatable bonds is 1. The Kier molecular flexibility index (Phi) is 4.21. The molecule has 0 fully saturated rings. The molecule has 1 heterocycles. The summed E-state index contributed by atoms with van der Waals surface area (Å²) in [7, 11) is 0. The van der Waals surface area contributed by atoms with E-state index < -0.39 is 11.9 Å². The van der Waals surface area contributed by atoms with Gasteiger partial charge in [-0.05, 0) is 17.7 Å². The summed E-state index contributed by atoms with van der Waals surface area (Å²) in [5, 5.41) is 2.82. The summed E-state index contributed by atoms with van der Waals surface area (Å²) < 4.78 is 37.1. The number of alkyl halides is 3. The molecular weight excluding hydrogens is 257 g/mol. The normalized spacial score (nSPS) is 10.1. The molecule has 8 heteroatoms. The number of hydrogen-bond donors (Lipinski definition) is 0. The van der Waals surface area contributed by atoms with Crippen molar-refractivity contribution in [3.63, 3.8) is 0 Å². The quantitative estimate of drug-likeness (QED) is 0.251. The fourth-order valence-corrected chi connectivity index (χ4v) is 1.13.